The summed E-state index contributed by atoms with van der Waals surface area (Å²) in [6.07, 6.45) is 0. The molecule has 0 fully saturated rings. The van der Waals surface area contributed by atoms with Gasteiger partial charge in [0.15, 0.2) is 0 Å². The largest absolute Gasteiger partial charge is 0.484 e. The van der Waals surface area contributed by atoms with Gasteiger partial charge in [-0.2, -0.15) is 5.26 Å². The maximum Gasteiger partial charge on any atom is 0.143 e. The van der Waals surface area contributed by atoms with Gasteiger partial charge < -0.3 is 9.64 Å². The lowest BCUT2D eigenvalue weighted by atomic mass is 9.86. The molecule has 1 heterocycles. The molecule has 0 bridgehead atoms. The van der Waals surface area contributed by atoms with Gasteiger partial charge >= 0.3 is 0 Å². The summed E-state index contributed by atoms with van der Waals surface area (Å²) >= 11 is 0. The van der Waals surface area contributed by atoms with Crippen LogP contribution in [-0.4, -0.2) is 18.7 Å². The van der Waals surface area contributed by atoms with Gasteiger partial charge in [-0.25, -0.2) is 0 Å². The van der Waals surface area contributed by atoms with Crippen molar-refractivity contribution in [1.29, 1.82) is 5.26 Å². The summed E-state index contributed by atoms with van der Waals surface area (Å²) < 4.78 is 6.01. The third-order valence-corrected chi connectivity index (χ3v) is 3.39. The van der Waals surface area contributed by atoms with E-state index in [9.17, 15) is 0 Å². The van der Waals surface area contributed by atoms with E-state index in [0.29, 0.717) is 6.54 Å². The number of hydrogen-bond acceptors (Lipinski definition) is 3. The van der Waals surface area contributed by atoms with Crippen molar-refractivity contribution in [2.45, 2.75) is 45.6 Å². The van der Waals surface area contributed by atoms with Crippen molar-refractivity contribution >= 4 is 5.69 Å². The molecule has 0 saturated heterocycles. The third kappa shape index (κ3) is 2.84. The first-order valence-corrected chi connectivity index (χ1v) is 6.68. The molecule has 0 spiro atoms. The Labute approximate surface area is 115 Å². The van der Waals surface area contributed by atoms with Crippen LogP contribution < -0.4 is 9.64 Å². The van der Waals surface area contributed by atoms with Crippen LogP contribution in [0.15, 0.2) is 18.2 Å². The van der Waals surface area contributed by atoms with Gasteiger partial charge in [0.25, 0.3) is 0 Å². The lowest BCUT2D eigenvalue weighted by Gasteiger charge is -2.40. The molecular weight excluding hydrogens is 236 g/mol. The van der Waals surface area contributed by atoms with Crippen LogP contribution in [0.2, 0.25) is 0 Å². The zero-order valence-corrected chi connectivity index (χ0v) is 12.4. The first kappa shape index (κ1) is 13.7. The van der Waals surface area contributed by atoms with Gasteiger partial charge in [0.2, 0.25) is 0 Å². The molecule has 3 heteroatoms. The summed E-state index contributed by atoms with van der Waals surface area (Å²) in [5.41, 5.74) is 2.14. The predicted molar refractivity (Wildman–Crippen MR) is 77.7 cm³/mol. The van der Waals surface area contributed by atoms with Crippen molar-refractivity contribution in [2.75, 3.05) is 18.0 Å². The van der Waals surface area contributed by atoms with Crippen molar-refractivity contribution in [2.24, 2.45) is 0 Å². The molecule has 1 aromatic rings. The summed E-state index contributed by atoms with van der Waals surface area (Å²) in [6.45, 7) is 11.8. The van der Waals surface area contributed by atoms with Gasteiger partial charge in [-0.05, 0) is 37.0 Å². The first-order valence-electron chi connectivity index (χ1n) is 6.68. The van der Waals surface area contributed by atoms with Gasteiger partial charge in [0.05, 0.1) is 18.3 Å². The number of anilines is 1. The first-order chi connectivity index (χ1) is 8.73. The van der Waals surface area contributed by atoms with Crippen molar-refractivity contribution in [3.8, 4) is 11.8 Å². The normalized spacial score (nSPS) is 17.4. The molecule has 0 radical (unpaired) electrons. The molecule has 0 aromatic heterocycles. The molecule has 2 rings (SSSR count). The highest BCUT2D eigenvalue weighted by atomic mass is 16.5. The molecule has 1 aliphatic heterocycles. The fraction of sp³-hybridized carbons (Fsp3) is 0.562. The Morgan fingerprint density at radius 2 is 2.05 bits per heavy atom. The van der Waals surface area contributed by atoms with E-state index in [-0.39, 0.29) is 11.0 Å². The maximum absolute atomic E-state index is 9.01. The molecule has 0 aliphatic carbocycles. The van der Waals surface area contributed by atoms with Crippen LogP contribution in [0.1, 0.15) is 40.2 Å². The Kier molecular flexibility index (Phi) is 3.22. The van der Waals surface area contributed by atoms with Crippen LogP contribution in [0.4, 0.5) is 5.69 Å². The molecule has 0 atom stereocenters. The van der Waals surface area contributed by atoms with Crippen LogP contribution in [0.25, 0.3) is 0 Å². The Bertz CT molecular complexity index is 521. The molecular formula is C16H22N2O. The van der Waals surface area contributed by atoms with E-state index in [0.717, 1.165) is 18.0 Å². The molecule has 1 aliphatic rings. The lowest BCUT2D eigenvalue weighted by molar-refractivity contribution is 0.106. The molecule has 3 nitrogen and oxygen atoms in total. The van der Waals surface area contributed by atoms with E-state index in [1.54, 1.807) is 0 Å². The highest BCUT2D eigenvalue weighted by Crippen LogP contribution is 2.39. The van der Waals surface area contributed by atoms with E-state index in [4.69, 9.17) is 10.00 Å². The fourth-order valence-electron chi connectivity index (χ4n) is 2.42. The smallest absolute Gasteiger partial charge is 0.143 e. The predicted octanol–water partition coefficient (Wildman–Crippen LogP) is 3.49. The topological polar surface area (TPSA) is 36.3 Å². The van der Waals surface area contributed by atoms with Gasteiger partial charge in [0.1, 0.15) is 17.9 Å². The number of ether oxygens (including phenoxy) is 1. The van der Waals surface area contributed by atoms with Crippen LogP contribution in [-0.2, 0) is 5.41 Å². The molecule has 102 valence electrons. The van der Waals surface area contributed by atoms with E-state index in [1.807, 2.05) is 6.07 Å². The number of hydrogen-bond donors (Lipinski definition) is 0. The Morgan fingerprint density at radius 1 is 1.37 bits per heavy atom. The molecule has 0 amide bonds. The molecule has 0 saturated carbocycles. The SMILES string of the molecule is CC1(C)CN(CC#N)c2cc(C(C)(C)C)ccc2O1. The second-order valence-electron chi connectivity index (χ2n) is 6.81. The Balaban J connectivity index is 2.47. The average Bonchev–Trinajstić information content (AvgIpc) is 2.26. The Morgan fingerprint density at radius 3 is 2.63 bits per heavy atom. The highest BCUT2D eigenvalue weighted by molar-refractivity contribution is 5.63. The van der Waals surface area contributed by atoms with Gasteiger partial charge in [-0.3, -0.25) is 0 Å². The molecule has 1 aromatic carbocycles. The van der Waals surface area contributed by atoms with Crippen LogP contribution >= 0.6 is 0 Å². The number of fused-ring (bicyclic) bond motifs is 1. The summed E-state index contributed by atoms with van der Waals surface area (Å²) in [7, 11) is 0. The number of benzene rings is 1. The minimum Gasteiger partial charge on any atom is -0.484 e. The van der Waals surface area contributed by atoms with E-state index < -0.39 is 0 Å². The summed E-state index contributed by atoms with van der Waals surface area (Å²) in [6, 6.07) is 8.54. The Hall–Kier alpha value is -1.69. The quantitative estimate of drug-likeness (QED) is 0.723. The van der Waals surface area contributed by atoms with Crippen LogP contribution in [0, 0.1) is 11.3 Å². The molecule has 19 heavy (non-hydrogen) atoms. The van der Waals surface area contributed by atoms with Crippen molar-refractivity contribution < 1.29 is 4.74 Å². The minimum atomic E-state index is -0.257. The zero-order valence-electron chi connectivity index (χ0n) is 12.4. The van der Waals surface area contributed by atoms with Crippen molar-refractivity contribution in [3.63, 3.8) is 0 Å². The summed E-state index contributed by atoms with van der Waals surface area (Å²) in [5.74, 6) is 0.875. The number of nitriles is 1. The summed E-state index contributed by atoms with van der Waals surface area (Å²) in [5, 5.41) is 9.01. The summed E-state index contributed by atoms with van der Waals surface area (Å²) in [4.78, 5) is 2.11. The average molecular weight is 258 g/mol. The third-order valence-electron chi connectivity index (χ3n) is 3.39. The number of rotatable bonds is 1. The molecule has 0 N–H and O–H groups in total. The van der Waals surface area contributed by atoms with E-state index >= 15 is 0 Å². The monoisotopic (exact) mass is 258 g/mol. The van der Waals surface area contributed by atoms with Gasteiger partial charge in [-0.15, -0.1) is 0 Å². The van der Waals surface area contributed by atoms with Crippen LogP contribution in [0.3, 0.4) is 0 Å². The van der Waals surface area contributed by atoms with E-state index in [2.05, 4.69) is 57.7 Å². The second-order valence-corrected chi connectivity index (χ2v) is 6.81. The maximum atomic E-state index is 9.01. The lowest BCUT2D eigenvalue weighted by Crippen LogP contribution is -2.47. The van der Waals surface area contributed by atoms with Crippen molar-refractivity contribution in [1.82, 2.24) is 0 Å². The van der Waals surface area contributed by atoms with E-state index in [1.165, 1.54) is 5.56 Å². The van der Waals surface area contributed by atoms with Gasteiger partial charge in [0, 0.05) is 0 Å². The van der Waals surface area contributed by atoms with Crippen LogP contribution in [0.5, 0.6) is 5.75 Å². The highest BCUT2D eigenvalue weighted by Gasteiger charge is 2.32. The zero-order chi connectivity index (χ0) is 14.3. The minimum absolute atomic E-state index is 0.0975. The standard InChI is InChI=1S/C16H22N2O/c1-15(2,3)12-6-7-14-13(10-12)18(9-8-17)11-16(4,5)19-14/h6-7,10H,9,11H2,1-5H3. The second kappa shape index (κ2) is 4.45. The van der Waals surface area contributed by atoms with Gasteiger partial charge in [-0.1, -0.05) is 26.8 Å². The van der Waals surface area contributed by atoms with Crippen molar-refractivity contribution in [3.05, 3.63) is 23.8 Å². The fourth-order valence-corrected chi connectivity index (χ4v) is 2.42. The number of nitrogens with zero attached hydrogens (tertiary/aromatic N) is 2. The molecule has 0 unspecified atom stereocenters.